The first-order valence-electron chi connectivity index (χ1n) is 4.95. The molecule has 2 aromatic rings. The van der Waals surface area contributed by atoms with Crippen molar-refractivity contribution in [1.82, 2.24) is 4.98 Å². The van der Waals surface area contributed by atoms with E-state index in [-0.39, 0.29) is 0 Å². The summed E-state index contributed by atoms with van der Waals surface area (Å²) in [7, 11) is 1.60. The van der Waals surface area contributed by atoms with Gasteiger partial charge in [0.1, 0.15) is 10.4 Å². The third kappa shape index (κ3) is 2.45. The van der Waals surface area contributed by atoms with Gasteiger partial charge in [-0.1, -0.05) is 6.07 Å². The lowest BCUT2D eigenvalue weighted by Gasteiger charge is -2.08. The van der Waals surface area contributed by atoms with Crippen LogP contribution in [0.15, 0.2) is 41.0 Å². The molecule has 1 aromatic heterocycles. The number of halogens is 1. The van der Waals surface area contributed by atoms with E-state index >= 15 is 0 Å². The summed E-state index contributed by atoms with van der Waals surface area (Å²) in [5.41, 5.74) is 2.17. The van der Waals surface area contributed by atoms with E-state index in [9.17, 15) is 0 Å². The van der Waals surface area contributed by atoms with Gasteiger partial charge in [0.2, 0.25) is 0 Å². The number of nitrogens with zero attached hydrogens (tertiary/aromatic N) is 2. The van der Waals surface area contributed by atoms with E-state index in [1.54, 1.807) is 25.3 Å². The topological polar surface area (TPSA) is 45.9 Å². The summed E-state index contributed by atoms with van der Waals surface area (Å²) in [5, 5.41) is 8.91. The first-order valence-corrected chi connectivity index (χ1v) is 5.75. The van der Waals surface area contributed by atoms with Crippen molar-refractivity contribution in [2.75, 3.05) is 7.11 Å². The molecule has 0 radical (unpaired) electrons. The van der Waals surface area contributed by atoms with E-state index in [0.717, 1.165) is 15.9 Å². The van der Waals surface area contributed by atoms with Crippen molar-refractivity contribution < 1.29 is 4.74 Å². The zero-order valence-corrected chi connectivity index (χ0v) is 10.7. The van der Waals surface area contributed by atoms with Crippen molar-refractivity contribution in [2.45, 2.75) is 0 Å². The summed E-state index contributed by atoms with van der Waals surface area (Å²) < 4.78 is 6.02. The predicted molar refractivity (Wildman–Crippen MR) is 68.6 cm³/mol. The second kappa shape index (κ2) is 4.98. The quantitative estimate of drug-likeness (QED) is 0.796. The highest BCUT2D eigenvalue weighted by Crippen LogP contribution is 2.30. The van der Waals surface area contributed by atoms with Crippen molar-refractivity contribution in [3.63, 3.8) is 0 Å². The SMILES string of the molecule is COc1ccc(C#N)cc1-c1cccc(Br)n1. The average molecular weight is 289 g/mol. The first kappa shape index (κ1) is 11.6. The van der Waals surface area contributed by atoms with Crippen LogP contribution < -0.4 is 4.74 Å². The van der Waals surface area contributed by atoms with Gasteiger partial charge in [-0.15, -0.1) is 0 Å². The van der Waals surface area contributed by atoms with E-state index < -0.39 is 0 Å². The Hall–Kier alpha value is -1.86. The van der Waals surface area contributed by atoms with Gasteiger partial charge in [-0.2, -0.15) is 5.26 Å². The fraction of sp³-hybridized carbons (Fsp3) is 0.0769. The van der Waals surface area contributed by atoms with Gasteiger partial charge >= 0.3 is 0 Å². The van der Waals surface area contributed by atoms with Crippen molar-refractivity contribution in [3.05, 3.63) is 46.6 Å². The number of hydrogen-bond donors (Lipinski definition) is 0. The van der Waals surface area contributed by atoms with Crippen LogP contribution in [0.5, 0.6) is 5.75 Å². The van der Waals surface area contributed by atoms with Crippen LogP contribution in [-0.2, 0) is 0 Å². The fourth-order valence-corrected chi connectivity index (χ4v) is 1.88. The van der Waals surface area contributed by atoms with E-state index in [0.29, 0.717) is 11.3 Å². The minimum absolute atomic E-state index is 0.586. The fourth-order valence-electron chi connectivity index (χ4n) is 1.54. The second-order valence-corrected chi connectivity index (χ2v) is 4.18. The maximum absolute atomic E-state index is 8.91. The van der Waals surface area contributed by atoms with Gasteiger partial charge in [0, 0.05) is 5.56 Å². The zero-order chi connectivity index (χ0) is 12.3. The Kier molecular flexibility index (Phi) is 3.40. The van der Waals surface area contributed by atoms with Gasteiger partial charge in [0.25, 0.3) is 0 Å². The van der Waals surface area contributed by atoms with E-state index in [1.165, 1.54) is 0 Å². The maximum atomic E-state index is 8.91. The molecular weight excluding hydrogens is 280 g/mol. The van der Waals surface area contributed by atoms with Crippen LogP contribution in [0.3, 0.4) is 0 Å². The van der Waals surface area contributed by atoms with Crippen LogP contribution in [0.4, 0.5) is 0 Å². The molecule has 0 aliphatic heterocycles. The Balaban J connectivity index is 2.61. The van der Waals surface area contributed by atoms with Gasteiger partial charge in [-0.05, 0) is 46.3 Å². The Morgan fingerprint density at radius 1 is 1.29 bits per heavy atom. The molecule has 1 aromatic carbocycles. The summed E-state index contributed by atoms with van der Waals surface area (Å²) in [6.45, 7) is 0. The molecule has 0 fully saturated rings. The van der Waals surface area contributed by atoms with Crippen LogP contribution in [0.25, 0.3) is 11.3 Å². The lowest BCUT2D eigenvalue weighted by molar-refractivity contribution is 0.416. The third-order valence-corrected chi connectivity index (χ3v) is 2.76. The van der Waals surface area contributed by atoms with Crippen molar-refractivity contribution in [1.29, 1.82) is 5.26 Å². The van der Waals surface area contributed by atoms with Crippen LogP contribution >= 0.6 is 15.9 Å². The molecule has 0 saturated carbocycles. The monoisotopic (exact) mass is 288 g/mol. The van der Waals surface area contributed by atoms with Crippen molar-refractivity contribution in [3.8, 4) is 23.1 Å². The van der Waals surface area contributed by atoms with E-state index in [4.69, 9.17) is 10.00 Å². The number of hydrogen-bond acceptors (Lipinski definition) is 3. The molecule has 0 N–H and O–H groups in total. The molecule has 0 aliphatic rings. The zero-order valence-electron chi connectivity index (χ0n) is 9.14. The minimum atomic E-state index is 0.586. The lowest BCUT2D eigenvalue weighted by atomic mass is 10.1. The standard InChI is InChI=1S/C13H9BrN2O/c1-17-12-6-5-9(8-15)7-10(12)11-3-2-4-13(14)16-11/h2-7H,1H3. The molecule has 0 aliphatic carbocycles. The second-order valence-electron chi connectivity index (χ2n) is 3.37. The molecule has 2 rings (SSSR count). The lowest BCUT2D eigenvalue weighted by Crippen LogP contribution is -1.91. The summed E-state index contributed by atoms with van der Waals surface area (Å²) in [5.74, 6) is 0.703. The normalized spacial score (nSPS) is 9.71. The Morgan fingerprint density at radius 3 is 2.76 bits per heavy atom. The van der Waals surface area contributed by atoms with Gasteiger partial charge in [0.15, 0.2) is 0 Å². The molecule has 0 spiro atoms. The molecular formula is C13H9BrN2O. The number of rotatable bonds is 2. The molecule has 0 unspecified atom stereocenters. The van der Waals surface area contributed by atoms with E-state index in [2.05, 4.69) is 27.0 Å². The number of benzene rings is 1. The molecule has 0 amide bonds. The van der Waals surface area contributed by atoms with Gasteiger partial charge in [0.05, 0.1) is 24.4 Å². The summed E-state index contributed by atoms with van der Waals surface area (Å²) in [6, 6.07) is 13.0. The third-order valence-electron chi connectivity index (χ3n) is 2.32. The van der Waals surface area contributed by atoms with Gasteiger partial charge in [-0.3, -0.25) is 0 Å². The van der Waals surface area contributed by atoms with Crippen LogP contribution in [0.2, 0.25) is 0 Å². The minimum Gasteiger partial charge on any atom is -0.496 e. The van der Waals surface area contributed by atoms with Crippen molar-refractivity contribution in [2.24, 2.45) is 0 Å². The predicted octanol–water partition coefficient (Wildman–Crippen LogP) is 3.39. The molecule has 4 heteroatoms. The molecule has 3 nitrogen and oxygen atoms in total. The average Bonchev–Trinajstić information content (AvgIpc) is 2.38. The number of ether oxygens (including phenoxy) is 1. The highest BCUT2D eigenvalue weighted by atomic mass is 79.9. The Bertz CT molecular complexity index is 590. The number of aromatic nitrogens is 1. The number of methoxy groups -OCH3 is 1. The summed E-state index contributed by atoms with van der Waals surface area (Å²) in [4.78, 5) is 4.35. The highest BCUT2D eigenvalue weighted by molar-refractivity contribution is 9.10. The summed E-state index contributed by atoms with van der Waals surface area (Å²) in [6.07, 6.45) is 0. The maximum Gasteiger partial charge on any atom is 0.128 e. The number of nitriles is 1. The number of pyridine rings is 1. The molecule has 1 heterocycles. The van der Waals surface area contributed by atoms with Crippen molar-refractivity contribution >= 4 is 15.9 Å². The van der Waals surface area contributed by atoms with Gasteiger partial charge in [-0.25, -0.2) is 4.98 Å². The van der Waals surface area contributed by atoms with E-state index in [1.807, 2.05) is 18.2 Å². The first-order chi connectivity index (χ1) is 8.24. The largest absolute Gasteiger partial charge is 0.496 e. The molecule has 84 valence electrons. The van der Waals surface area contributed by atoms with Crippen LogP contribution in [-0.4, -0.2) is 12.1 Å². The smallest absolute Gasteiger partial charge is 0.128 e. The molecule has 0 atom stereocenters. The highest BCUT2D eigenvalue weighted by Gasteiger charge is 2.08. The van der Waals surface area contributed by atoms with Crippen LogP contribution in [0.1, 0.15) is 5.56 Å². The molecule has 17 heavy (non-hydrogen) atoms. The Morgan fingerprint density at radius 2 is 2.12 bits per heavy atom. The Labute approximate surface area is 108 Å². The molecule has 0 saturated heterocycles. The molecule has 0 bridgehead atoms. The van der Waals surface area contributed by atoms with Crippen LogP contribution in [0, 0.1) is 11.3 Å². The van der Waals surface area contributed by atoms with Gasteiger partial charge < -0.3 is 4.74 Å². The summed E-state index contributed by atoms with van der Waals surface area (Å²) >= 11 is 3.32.